The molecule has 0 bridgehead atoms. The standard InChI is InChI=1S/C17H20ClN3O2/c1-11-7-12(14-8-15(18)21-10-20-14)5-6-13(11)9-19-16(22)23-17(2,3)4/h5-8,10H,9H2,1-4H3,(H,19,22). The Morgan fingerprint density at radius 2 is 2.00 bits per heavy atom. The molecule has 1 amide bonds. The molecule has 0 fully saturated rings. The molecule has 122 valence electrons. The number of benzene rings is 1. The summed E-state index contributed by atoms with van der Waals surface area (Å²) in [5.41, 5.74) is 3.27. The maximum absolute atomic E-state index is 11.7. The van der Waals surface area contributed by atoms with E-state index in [1.807, 2.05) is 45.9 Å². The molecule has 0 saturated heterocycles. The topological polar surface area (TPSA) is 64.1 Å². The first-order valence-electron chi connectivity index (χ1n) is 7.29. The largest absolute Gasteiger partial charge is 0.444 e. The van der Waals surface area contributed by atoms with Gasteiger partial charge in [0.2, 0.25) is 0 Å². The lowest BCUT2D eigenvalue weighted by molar-refractivity contribution is 0.0523. The first-order valence-corrected chi connectivity index (χ1v) is 7.67. The number of carbonyl (C=O) groups is 1. The maximum atomic E-state index is 11.7. The summed E-state index contributed by atoms with van der Waals surface area (Å²) in [6.07, 6.45) is 1.01. The molecule has 0 atom stereocenters. The van der Waals surface area contributed by atoms with Gasteiger partial charge in [-0.3, -0.25) is 0 Å². The van der Waals surface area contributed by atoms with Gasteiger partial charge in [-0.25, -0.2) is 14.8 Å². The predicted molar refractivity (Wildman–Crippen MR) is 90.3 cm³/mol. The third-order valence-corrected chi connectivity index (χ3v) is 3.30. The molecule has 2 aromatic rings. The van der Waals surface area contributed by atoms with Gasteiger partial charge in [0.1, 0.15) is 17.1 Å². The van der Waals surface area contributed by atoms with Gasteiger partial charge in [-0.05, 0) is 44.9 Å². The molecule has 0 radical (unpaired) electrons. The van der Waals surface area contributed by atoms with Gasteiger partial charge in [-0.1, -0.05) is 23.7 Å². The summed E-state index contributed by atoms with van der Waals surface area (Å²) in [7, 11) is 0. The fraction of sp³-hybridized carbons (Fsp3) is 0.353. The van der Waals surface area contributed by atoms with Crippen molar-refractivity contribution >= 4 is 17.7 Å². The average molecular weight is 334 g/mol. The first kappa shape index (κ1) is 17.2. The summed E-state index contributed by atoms with van der Waals surface area (Å²) in [5.74, 6) is 0. The Labute approximate surface area is 141 Å². The monoisotopic (exact) mass is 333 g/mol. The minimum absolute atomic E-state index is 0.406. The Hall–Kier alpha value is -2.14. The van der Waals surface area contributed by atoms with Gasteiger partial charge < -0.3 is 10.1 Å². The zero-order valence-electron chi connectivity index (χ0n) is 13.7. The summed E-state index contributed by atoms with van der Waals surface area (Å²) >= 11 is 5.89. The number of amides is 1. The number of halogens is 1. The van der Waals surface area contributed by atoms with Gasteiger partial charge in [0.15, 0.2) is 0 Å². The molecule has 0 spiro atoms. The van der Waals surface area contributed by atoms with E-state index in [0.29, 0.717) is 11.7 Å². The zero-order valence-corrected chi connectivity index (χ0v) is 14.4. The van der Waals surface area contributed by atoms with Crippen LogP contribution in [0.15, 0.2) is 30.6 Å². The zero-order chi connectivity index (χ0) is 17.0. The van der Waals surface area contributed by atoms with Gasteiger partial charge in [0.25, 0.3) is 0 Å². The van der Waals surface area contributed by atoms with Crippen molar-refractivity contribution in [1.29, 1.82) is 0 Å². The van der Waals surface area contributed by atoms with E-state index < -0.39 is 11.7 Å². The SMILES string of the molecule is Cc1cc(-c2cc(Cl)ncn2)ccc1CNC(=O)OC(C)(C)C. The highest BCUT2D eigenvalue weighted by atomic mass is 35.5. The molecule has 1 heterocycles. The second kappa shape index (κ2) is 6.96. The first-order chi connectivity index (χ1) is 10.7. The van der Waals surface area contributed by atoms with Crippen molar-refractivity contribution < 1.29 is 9.53 Å². The number of hydrogen-bond acceptors (Lipinski definition) is 4. The van der Waals surface area contributed by atoms with Crippen molar-refractivity contribution in [2.45, 2.75) is 39.8 Å². The fourth-order valence-electron chi connectivity index (χ4n) is 2.03. The van der Waals surface area contributed by atoms with E-state index in [-0.39, 0.29) is 0 Å². The van der Waals surface area contributed by atoms with E-state index in [1.165, 1.54) is 6.33 Å². The van der Waals surface area contributed by atoms with Crippen LogP contribution in [0.25, 0.3) is 11.3 Å². The van der Waals surface area contributed by atoms with Crippen molar-refractivity contribution in [3.8, 4) is 11.3 Å². The molecule has 0 saturated carbocycles. The Morgan fingerprint density at radius 1 is 1.26 bits per heavy atom. The van der Waals surface area contributed by atoms with Crippen LogP contribution >= 0.6 is 11.6 Å². The number of hydrogen-bond donors (Lipinski definition) is 1. The van der Waals surface area contributed by atoms with E-state index in [4.69, 9.17) is 16.3 Å². The molecular weight excluding hydrogens is 314 g/mol. The van der Waals surface area contributed by atoms with Crippen LogP contribution in [0.1, 0.15) is 31.9 Å². The minimum Gasteiger partial charge on any atom is -0.444 e. The molecular formula is C17H20ClN3O2. The highest BCUT2D eigenvalue weighted by Crippen LogP contribution is 2.22. The summed E-state index contributed by atoms with van der Waals surface area (Å²) < 4.78 is 5.22. The molecule has 2 rings (SSSR count). The Balaban J connectivity index is 2.07. The van der Waals surface area contributed by atoms with E-state index in [2.05, 4.69) is 15.3 Å². The minimum atomic E-state index is -0.505. The molecule has 0 aliphatic heterocycles. The molecule has 1 N–H and O–H groups in total. The normalized spacial score (nSPS) is 11.2. The molecule has 1 aromatic heterocycles. The Morgan fingerprint density at radius 3 is 2.61 bits per heavy atom. The van der Waals surface area contributed by atoms with Gasteiger partial charge in [0, 0.05) is 18.2 Å². The lowest BCUT2D eigenvalue weighted by Crippen LogP contribution is -2.32. The van der Waals surface area contributed by atoms with Gasteiger partial charge in [-0.15, -0.1) is 0 Å². The molecule has 1 aromatic carbocycles. The summed E-state index contributed by atoms with van der Waals surface area (Å²) in [6.45, 7) is 7.89. The van der Waals surface area contributed by atoms with Gasteiger partial charge in [0.05, 0.1) is 5.69 Å². The number of aryl methyl sites for hydroxylation is 1. The Kier molecular flexibility index (Phi) is 5.21. The Bertz CT molecular complexity index is 711. The number of ether oxygens (including phenoxy) is 1. The van der Waals surface area contributed by atoms with Crippen molar-refractivity contribution in [3.05, 3.63) is 46.9 Å². The molecule has 5 nitrogen and oxygen atoms in total. The fourth-order valence-corrected chi connectivity index (χ4v) is 2.17. The summed E-state index contributed by atoms with van der Waals surface area (Å²) in [4.78, 5) is 19.8. The van der Waals surface area contributed by atoms with Crippen molar-refractivity contribution in [2.24, 2.45) is 0 Å². The number of aromatic nitrogens is 2. The summed E-state index contributed by atoms with van der Waals surface area (Å²) in [6, 6.07) is 7.62. The molecule has 0 unspecified atom stereocenters. The van der Waals surface area contributed by atoms with Crippen LogP contribution < -0.4 is 5.32 Å². The molecule has 0 aliphatic rings. The third-order valence-electron chi connectivity index (χ3n) is 3.09. The second-order valence-corrected chi connectivity index (χ2v) is 6.61. The number of alkyl carbamates (subject to hydrolysis) is 1. The average Bonchev–Trinajstić information content (AvgIpc) is 2.44. The van der Waals surface area contributed by atoms with Crippen LogP contribution in [-0.2, 0) is 11.3 Å². The van der Waals surface area contributed by atoms with Crippen molar-refractivity contribution in [2.75, 3.05) is 0 Å². The number of nitrogens with zero attached hydrogens (tertiary/aromatic N) is 2. The lowest BCUT2D eigenvalue weighted by atomic mass is 10.0. The third kappa shape index (κ3) is 5.21. The van der Waals surface area contributed by atoms with E-state index in [0.717, 1.165) is 22.4 Å². The van der Waals surface area contributed by atoms with Crippen LogP contribution in [0, 0.1) is 6.92 Å². The van der Waals surface area contributed by atoms with Crippen LogP contribution in [0.4, 0.5) is 4.79 Å². The van der Waals surface area contributed by atoms with Crippen LogP contribution in [0.3, 0.4) is 0 Å². The number of carbonyl (C=O) groups excluding carboxylic acids is 1. The van der Waals surface area contributed by atoms with Crippen LogP contribution in [0.5, 0.6) is 0 Å². The van der Waals surface area contributed by atoms with Gasteiger partial charge in [-0.2, -0.15) is 0 Å². The highest BCUT2D eigenvalue weighted by molar-refractivity contribution is 6.29. The van der Waals surface area contributed by atoms with Gasteiger partial charge >= 0.3 is 6.09 Å². The van der Waals surface area contributed by atoms with Crippen LogP contribution in [-0.4, -0.2) is 21.7 Å². The quantitative estimate of drug-likeness (QED) is 0.858. The van der Waals surface area contributed by atoms with E-state index in [1.54, 1.807) is 6.07 Å². The smallest absolute Gasteiger partial charge is 0.407 e. The van der Waals surface area contributed by atoms with Crippen molar-refractivity contribution in [1.82, 2.24) is 15.3 Å². The second-order valence-electron chi connectivity index (χ2n) is 6.22. The number of rotatable bonds is 3. The molecule has 0 aliphatic carbocycles. The number of nitrogens with one attached hydrogen (secondary N) is 1. The van der Waals surface area contributed by atoms with Crippen molar-refractivity contribution in [3.63, 3.8) is 0 Å². The predicted octanol–water partition coefficient (Wildman–Crippen LogP) is 4.13. The molecule has 6 heteroatoms. The molecule has 23 heavy (non-hydrogen) atoms. The maximum Gasteiger partial charge on any atom is 0.407 e. The highest BCUT2D eigenvalue weighted by Gasteiger charge is 2.16. The van der Waals surface area contributed by atoms with E-state index in [9.17, 15) is 4.79 Å². The lowest BCUT2D eigenvalue weighted by Gasteiger charge is -2.20. The summed E-state index contributed by atoms with van der Waals surface area (Å²) in [5, 5.41) is 3.16. The van der Waals surface area contributed by atoms with E-state index >= 15 is 0 Å². The van der Waals surface area contributed by atoms with Crippen LogP contribution in [0.2, 0.25) is 5.15 Å².